The van der Waals surface area contributed by atoms with E-state index in [1.165, 1.54) is 11.1 Å². The molecule has 2 heterocycles. The van der Waals surface area contributed by atoms with Gasteiger partial charge in [0.25, 0.3) is 0 Å². The highest BCUT2D eigenvalue weighted by Gasteiger charge is 2.39. The first kappa shape index (κ1) is 14.3. The molecule has 21 heavy (non-hydrogen) atoms. The van der Waals surface area contributed by atoms with Crippen LogP contribution in [0.3, 0.4) is 0 Å². The fraction of sp³-hybridized carbons (Fsp3) is 0.471. The van der Waals surface area contributed by atoms with E-state index < -0.39 is 5.79 Å². The van der Waals surface area contributed by atoms with Crippen molar-refractivity contribution in [1.29, 1.82) is 0 Å². The molecular formula is C17H22N2O2. The molecule has 4 nitrogen and oxygen atoms in total. The van der Waals surface area contributed by atoms with Crippen molar-refractivity contribution in [2.24, 2.45) is 0 Å². The summed E-state index contributed by atoms with van der Waals surface area (Å²) in [6.07, 6.45) is 7.48. The summed E-state index contributed by atoms with van der Waals surface area (Å²) < 4.78 is 14.1. The van der Waals surface area contributed by atoms with Crippen LogP contribution >= 0.6 is 0 Å². The molecule has 0 bridgehead atoms. The first-order chi connectivity index (χ1) is 10.2. The second-order valence-corrected chi connectivity index (χ2v) is 5.87. The van der Waals surface area contributed by atoms with Crippen molar-refractivity contribution in [3.8, 4) is 0 Å². The average molecular weight is 286 g/mol. The van der Waals surface area contributed by atoms with E-state index in [4.69, 9.17) is 9.47 Å². The molecule has 1 saturated heterocycles. The molecule has 3 rings (SSSR count). The van der Waals surface area contributed by atoms with Crippen molar-refractivity contribution in [2.75, 3.05) is 6.61 Å². The minimum absolute atomic E-state index is 0.144. The van der Waals surface area contributed by atoms with E-state index in [0.29, 0.717) is 13.2 Å². The van der Waals surface area contributed by atoms with Crippen molar-refractivity contribution in [3.63, 3.8) is 0 Å². The van der Waals surface area contributed by atoms with E-state index in [1.807, 2.05) is 17.1 Å². The second kappa shape index (κ2) is 6.00. The smallest absolute Gasteiger partial charge is 0.187 e. The molecule has 2 atom stereocenters. The highest BCUT2D eigenvalue weighted by molar-refractivity contribution is 5.22. The minimum atomic E-state index is -0.538. The number of aromatic nitrogens is 2. The largest absolute Gasteiger partial charge is 0.345 e. The van der Waals surface area contributed by atoms with Crippen LogP contribution < -0.4 is 0 Å². The van der Waals surface area contributed by atoms with E-state index in [9.17, 15) is 0 Å². The molecule has 0 radical (unpaired) electrons. The number of imidazole rings is 1. The van der Waals surface area contributed by atoms with E-state index in [-0.39, 0.29) is 6.10 Å². The number of aryl methyl sites for hydroxylation is 2. The quantitative estimate of drug-likeness (QED) is 0.848. The molecule has 1 aromatic heterocycles. The molecule has 1 aliphatic heterocycles. The summed E-state index contributed by atoms with van der Waals surface area (Å²) in [5.74, 6) is -0.538. The van der Waals surface area contributed by atoms with Gasteiger partial charge in [-0.3, -0.25) is 0 Å². The number of rotatable bonds is 5. The first-order valence-corrected chi connectivity index (χ1v) is 7.48. The minimum Gasteiger partial charge on any atom is -0.345 e. The SMILES string of the molecule is Cc1cccc(CCC2(Cn3ccnc3)OCC(C)O2)c1. The van der Waals surface area contributed by atoms with E-state index >= 15 is 0 Å². The highest BCUT2D eigenvalue weighted by atomic mass is 16.7. The molecule has 1 aliphatic rings. The predicted octanol–water partition coefficient (Wildman–Crippen LogP) is 2.96. The molecule has 2 aromatic rings. The van der Waals surface area contributed by atoms with Gasteiger partial charge in [-0.25, -0.2) is 4.98 Å². The third-order valence-corrected chi connectivity index (χ3v) is 3.86. The van der Waals surface area contributed by atoms with Crippen LogP contribution in [-0.4, -0.2) is 28.0 Å². The van der Waals surface area contributed by atoms with Gasteiger partial charge in [0, 0.05) is 18.8 Å². The number of ether oxygens (including phenoxy) is 2. The Morgan fingerprint density at radius 1 is 1.43 bits per heavy atom. The summed E-state index contributed by atoms with van der Waals surface area (Å²) in [5.41, 5.74) is 2.62. The fourth-order valence-electron chi connectivity index (χ4n) is 2.86. The maximum atomic E-state index is 6.10. The topological polar surface area (TPSA) is 36.3 Å². The molecule has 0 amide bonds. The van der Waals surface area contributed by atoms with Gasteiger partial charge in [-0.1, -0.05) is 29.8 Å². The number of benzene rings is 1. The van der Waals surface area contributed by atoms with Gasteiger partial charge in [-0.2, -0.15) is 0 Å². The van der Waals surface area contributed by atoms with Crippen LogP contribution in [0, 0.1) is 6.92 Å². The number of hydrogen-bond acceptors (Lipinski definition) is 3. The van der Waals surface area contributed by atoms with Crippen molar-refractivity contribution in [2.45, 2.75) is 45.1 Å². The Labute approximate surface area is 125 Å². The maximum absolute atomic E-state index is 6.10. The first-order valence-electron chi connectivity index (χ1n) is 7.48. The lowest BCUT2D eigenvalue weighted by molar-refractivity contribution is -0.180. The Morgan fingerprint density at radius 3 is 3.00 bits per heavy atom. The summed E-state index contributed by atoms with van der Waals surface area (Å²) in [4.78, 5) is 4.10. The zero-order chi connectivity index (χ0) is 14.7. The van der Waals surface area contributed by atoms with Gasteiger partial charge < -0.3 is 14.0 Å². The van der Waals surface area contributed by atoms with Gasteiger partial charge in [0.15, 0.2) is 5.79 Å². The summed E-state index contributed by atoms with van der Waals surface area (Å²) in [6.45, 7) is 5.52. The van der Waals surface area contributed by atoms with Gasteiger partial charge in [0.1, 0.15) is 0 Å². The second-order valence-electron chi connectivity index (χ2n) is 5.87. The van der Waals surface area contributed by atoms with E-state index in [1.54, 1.807) is 6.20 Å². The van der Waals surface area contributed by atoms with Crippen molar-refractivity contribution < 1.29 is 9.47 Å². The lowest BCUT2D eigenvalue weighted by Gasteiger charge is -2.28. The monoisotopic (exact) mass is 286 g/mol. The Bertz CT molecular complexity index is 582. The van der Waals surface area contributed by atoms with Gasteiger partial charge in [0.2, 0.25) is 0 Å². The van der Waals surface area contributed by atoms with E-state index in [2.05, 4.69) is 43.1 Å². The summed E-state index contributed by atoms with van der Waals surface area (Å²) in [7, 11) is 0. The summed E-state index contributed by atoms with van der Waals surface area (Å²) >= 11 is 0. The zero-order valence-corrected chi connectivity index (χ0v) is 12.7. The number of hydrogen-bond donors (Lipinski definition) is 0. The Morgan fingerprint density at radius 2 is 2.33 bits per heavy atom. The van der Waals surface area contributed by atoms with Crippen LogP contribution in [0.2, 0.25) is 0 Å². The van der Waals surface area contributed by atoms with Crippen LogP contribution in [0.5, 0.6) is 0 Å². The maximum Gasteiger partial charge on any atom is 0.187 e. The fourth-order valence-corrected chi connectivity index (χ4v) is 2.86. The van der Waals surface area contributed by atoms with Crippen molar-refractivity contribution in [3.05, 3.63) is 54.1 Å². The Hall–Kier alpha value is -1.65. The molecular weight excluding hydrogens is 264 g/mol. The molecule has 0 N–H and O–H groups in total. The van der Waals surface area contributed by atoms with Gasteiger partial charge >= 0.3 is 0 Å². The molecule has 0 saturated carbocycles. The summed E-state index contributed by atoms with van der Waals surface area (Å²) in [6, 6.07) is 8.61. The van der Waals surface area contributed by atoms with Crippen molar-refractivity contribution in [1.82, 2.24) is 9.55 Å². The van der Waals surface area contributed by atoms with Gasteiger partial charge in [-0.15, -0.1) is 0 Å². The van der Waals surface area contributed by atoms with E-state index in [0.717, 1.165) is 12.8 Å². The molecule has 1 aromatic carbocycles. The molecule has 2 unspecified atom stereocenters. The number of nitrogens with zero attached hydrogens (tertiary/aromatic N) is 2. The molecule has 0 spiro atoms. The molecule has 112 valence electrons. The van der Waals surface area contributed by atoms with Crippen LogP contribution in [0.1, 0.15) is 24.5 Å². The van der Waals surface area contributed by atoms with Gasteiger partial charge in [0.05, 0.1) is 25.6 Å². The highest BCUT2D eigenvalue weighted by Crippen LogP contribution is 2.30. The lowest BCUT2D eigenvalue weighted by atomic mass is 10.0. The standard InChI is InChI=1S/C17H22N2O2/c1-14-4-3-5-16(10-14)6-7-17(20-11-15(2)21-17)12-19-9-8-18-13-19/h3-5,8-10,13,15H,6-7,11-12H2,1-2H3. The van der Waals surface area contributed by atoms with Crippen LogP contribution in [-0.2, 0) is 22.4 Å². The molecule has 4 heteroatoms. The predicted molar refractivity (Wildman–Crippen MR) is 81.0 cm³/mol. The lowest BCUT2D eigenvalue weighted by Crippen LogP contribution is -2.36. The normalized spacial score (nSPS) is 25.3. The van der Waals surface area contributed by atoms with Crippen LogP contribution in [0.4, 0.5) is 0 Å². The molecule has 1 fully saturated rings. The summed E-state index contributed by atoms with van der Waals surface area (Å²) in [5, 5.41) is 0. The zero-order valence-electron chi connectivity index (χ0n) is 12.7. The Balaban J connectivity index is 1.71. The average Bonchev–Trinajstić information content (AvgIpc) is 3.08. The van der Waals surface area contributed by atoms with Crippen molar-refractivity contribution >= 4 is 0 Å². The third kappa shape index (κ3) is 3.52. The van der Waals surface area contributed by atoms with Gasteiger partial charge in [-0.05, 0) is 25.8 Å². The molecule has 0 aliphatic carbocycles. The third-order valence-electron chi connectivity index (χ3n) is 3.86. The van der Waals surface area contributed by atoms with Crippen LogP contribution in [0.15, 0.2) is 43.0 Å². The Kier molecular flexibility index (Phi) is 4.08. The van der Waals surface area contributed by atoms with Crippen LogP contribution in [0.25, 0.3) is 0 Å².